The van der Waals surface area contributed by atoms with Gasteiger partial charge in [0.1, 0.15) is 4.90 Å². The van der Waals surface area contributed by atoms with Crippen LogP contribution in [0, 0.1) is 0 Å². The van der Waals surface area contributed by atoms with Crippen LogP contribution in [0.3, 0.4) is 0 Å². The summed E-state index contributed by atoms with van der Waals surface area (Å²) in [5, 5.41) is 0.211. The van der Waals surface area contributed by atoms with Crippen molar-refractivity contribution >= 4 is 21.6 Å². The zero-order valence-electron chi connectivity index (χ0n) is 10.1. The molecule has 0 spiro atoms. The molecule has 0 saturated heterocycles. The second kappa shape index (κ2) is 6.33. The predicted octanol–water partition coefficient (Wildman–Crippen LogP) is 2.55. The number of hydrogen-bond donors (Lipinski definition) is 0. The van der Waals surface area contributed by atoms with Crippen LogP contribution in [0.4, 0.5) is 0 Å². The number of sulfonamides is 1. The second-order valence-corrected chi connectivity index (χ2v) is 6.26. The summed E-state index contributed by atoms with van der Waals surface area (Å²) in [4.78, 5) is 3.87. The Morgan fingerprint density at radius 1 is 1.41 bits per heavy atom. The van der Waals surface area contributed by atoms with E-state index in [1.165, 1.54) is 22.8 Å². The minimum atomic E-state index is -3.51. The molecule has 1 aromatic rings. The number of hydrogen-bond acceptors (Lipinski definition) is 3. The van der Waals surface area contributed by atoms with Gasteiger partial charge in [0, 0.05) is 26.0 Å². The number of halogens is 1. The quantitative estimate of drug-likeness (QED) is 0.750. The van der Waals surface area contributed by atoms with E-state index in [2.05, 4.69) is 11.9 Å². The maximum atomic E-state index is 12.1. The first-order chi connectivity index (χ1) is 8.00. The molecule has 1 heterocycles. The maximum absolute atomic E-state index is 12.1. The largest absolute Gasteiger partial charge is 0.263 e. The molecular formula is C11H17ClN2O2S. The average molecular weight is 277 g/mol. The number of unbranched alkanes of at least 4 members (excludes halogenated alkanes) is 2. The first-order valence-electron chi connectivity index (χ1n) is 5.56. The zero-order valence-corrected chi connectivity index (χ0v) is 11.6. The Labute approximate surface area is 108 Å². The molecule has 0 atom stereocenters. The van der Waals surface area contributed by atoms with Crippen molar-refractivity contribution in [2.45, 2.75) is 31.1 Å². The van der Waals surface area contributed by atoms with Crippen LogP contribution in [0.15, 0.2) is 23.4 Å². The van der Waals surface area contributed by atoms with Gasteiger partial charge in [-0.3, -0.25) is 4.98 Å². The second-order valence-electron chi connectivity index (χ2n) is 3.84. The lowest BCUT2D eigenvalue weighted by Crippen LogP contribution is -2.28. The van der Waals surface area contributed by atoms with E-state index in [-0.39, 0.29) is 9.92 Å². The standard InChI is InChI=1S/C11H17ClN2O2S/c1-3-4-5-8-14(2)17(15,16)11-9-13-7-6-10(11)12/h6-7,9H,3-5,8H2,1-2H3. The van der Waals surface area contributed by atoms with Crippen molar-refractivity contribution in [3.63, 3.8) is 0 Å². The average Bonchev–Trinajstić information content (AvgIpc) is 2.29. The van der Waals surface area contributed by atoms with Crippen molar-refractivity contribution in [2.24, 2.45) is 0 Å². The van der Waals surface area contributed by atoms with Crippen LogP contribution in [0.1, 0.15) is 26.2 Å². The van der Waals surface area contributed by atoms with Gasteiger partial charge in [-0.2, -0.15) is 0 Å². The fourth-order valence-corrected chi connectivity index (χ4v) is 3.04. The summed E-state index contributed by atoms with van der Waals surface area (Å²) in [6.45, 7) is 2.58. The van der Waals surface area contributed by atoms with Gasteiger partial charge >= 0.3 is 0 Å². The summed E-state index contributed by atoms with van der Waals surface area (Å²) in [7, 11) is -1.95. The smallest absolute Gasteiger partial charge is 0.245 e. The third-order valence-electron chi connectivity index (χ3n) is 2.50. The van der Waals surface area contributed by atoms with Crippen LogP contribution in [-0.2, 0) is 10.0 Å². The van der Waals surface area contributed by atoms with Crippen molar-refractivity contribution in [1.29, 1.82) is 0 Å². The number of aromatic nitrogens is 1. The van der Waals surface area contributed by atoms with E-state index in [1.54, 1.807) is 7.05 Å². The van der Waals surface area contributed by atoms with Crippen molar-refractivity contribution in [3.8, 4) is 0 Å². The third-order valence-corrected chi connectivity index (χ3v) is 4.82. The fourth-order valence-electron chi connectivity index (χ4n) is 1.43. The molecule has 1 aromatic heterocycles. The van der Waals surface area contributed by atoms with E-state index >= 15 is 0 Å². The lowest BCUT2D eigenvalue weighted by atomic mass is 10.2. The molecule has 0 aliphatic carbocycles. The van der Waals surface area contributed by atoms with Gasteiger partial charge in [0.15, 0.2) is 0 Å². The molecule has 4 nitrogen and oxygen atoms in total. The van der Waals surface area contributed by atoms with Crippen LogP contribution in [0.2, 0.25) is 5.02 Å². The Kier molecular flexibility index (Phi) is 5.36. The van der Waals surface area contributed by atoms with Crippen LogP contribution >= 0.6 is 11.6 Å². The molecule has 0 aliphatic heterocycles. The van der Waals surface area contributed by atoms with Crippen molar-refractivity contribution in [3.05, 3.63) is 23.5 Å². The van der Waals surface area contributed by atoms with Crippen molar-refractivity contribution in [1.82, 2.24) is 9.29 Å². The molecular weight excluding hydrogens is 260 g/mol. The number of rotatable bonds is 6. The summed E-state index contributed by atoms with van der Waals surface area (Å²) in [5.41, 5.74) is 0. The molecule has 96 valence electrons. The monoisotopic (exact) mass is 276 g/mol. The summed E-state index contributed by atoms with van der Waals surface area (Å²) < 4.78 is 25.6. The van der Waals surface area contributed by atoms with Gasteiger partial charge in [-0.05, 0) is 12.5 Å². The molecule has 0 saturated carbocycles. The minimum Gasteiger partial charge on any atom is -0.263 e. The summed E-state index contributed by atoms with van der Waals surface area (Å²) >= 11 is 5.87. The zero-order chi connectivity index (χ0) is 12.9. The minimum absolute atomic E-state index is 0.0701. The molecule has 0 aromatic carbocycles. The Balaban J connectivity index is 2.85. The maximum Gasteiger partial charge on any atom is 0.245 e. The first kappa shape index (κ1) is 14.4. The van der Waals surface area contributed by atoms with Gasteiger partial charge in [-0.25, -0.2) is 12.7 Å². The van der Waals surface area contributed by atoms with E-state index < -0.39 is 10.0 Å². The molecule has 0 N–H and O–H groups in total. The Hall–Kier alpha value is -0.650. The van der Waals surface area contributed by atoms with Crippen LogP contribution < -0.4 is 0 Å². The molecule has 0 bridgehead atoms. The Morgan fingerprint density at radius 3 is 2.71 bits per heavy atom. The number of nitrogens with zero attached hydrogens (tertiary/aromatic N) is 2. The molecule has 6 heteroatoms. The summed E-state index contributed by atoms with van der Waals surface area (Å²) in [6, 6.07) is 1.48. The van der Waals surface area contributed by atoms with E-state index in [1.807, 2.05) is 0 Å². The predicted molar refractivity (Wildman–Crippen MR) is 68.6 cm³/mol. The molecule has 1 rings (SSSR count). The highest BCUT2D eigenvalue weighted by Crippen LogP contribution is 2.22. The van der Waals surface area contributed by atoms with Crippen molar-refractivity contribution < 1.29 is 8.42 Å². The highest BCUT2D eigenvalue weighted by molar-refractivity contribution is 7.89. The SMILES string of the molecule is CCCCCN(C)S(=O)(=O)c1cnccc1Cl. The van der Waals surface area contributed by atoms with Gasteiger partial charge in [0.05, 0.1) is 5.02 Å². The summed E-state index contributed by atoms with van der Waals surface area (Å²) in [6.07, 6.45) is 5.68. The van der Waals surface area contributed by atoms with Crippen LogP contribution in [-0.4, -0.2) is 31.3 Å². The van der Waals surface area contributed by atoms with E-state index in [9.17, 15) is 8.42 Å². The number of pyridine rings is 1. The Morgan fingerprint density at radius 2 is 2.12 bits per heavy atom. The van der Waals surface area contributed by atoms with Crippen LogP contribution in [0.5, 0.6) is 0 Å². The van der Waals surface area contributed by atoms with E-state index in [0.29, 0.717) is 6.54 Å². The molecule has 0 fully saturated rings. The lowest BCUT2D eigenvalue weighted by Gasteiger charge is -2.17. The lowest BCUT2D eigenvalue weighted by molar-refractivity contribution is 0.454. The molecule has 0 radical (unpaired) electrons. The third kappa shape index (κ3) is 3.66. The van der Waals surface area contributed by atoms with Gasteiger partial charge < -0.3 is 0 Å². The normalized spacial score (nSPS) is 12.0. The highest BCUT2D eigenvalue weighted by Gasteiger charge is 2.23. The van der Waals surface area contributed by atoms with E-state index in [0.717, 1.165) is 19.3 Å². The van der Waals surface area contributed by atoms with Gasteiger partial charge in [-0.15, -0.1) is 0 Å². The first-order valence-corrected chi connectivity index (χ1v) is 7.37. The topological polar surface area (TPSA) is 50.3 Å². The van der Waals surface area contributed by atoms with Crippen molar-refractivity contribution in [2.75, 3.05) is 13.6 Å². The van der Waals surface area contributed by atoms with Gasteiger partial charge in [-0.1, -0.05) is 31.4 Å². The molecule has 17 heavy (non-hydrogen) atoms. The molecule has 0 unspecified atom stereocenters. The van der Waals surface area contributed by atoms with Crippen LogP contribution in [0.25, 0.3) is 0 Å². The van der Waals surface area contributed by atoms with Gasteiger partial charge in [0.25, 0.3) is 0 Å². The summed E-state index contributed by atoms with van der Waals surface area (Å²) in [5.74, 6) is 0. The highest BCUT2D eigenvalue weighted by atomic mass is 35.5. The Bertz CT molecular complexity index is 462. The van der Waals surface area contributed by atoms with Gasteiger partial charge in [0.2, 0.25) is 10.0 Å². The van der Waals surface area contributed by atoms with E-state index in [4.69, 9.17) is 11.6 Å². The fraction of sp³-hybridized carbons (Fsp3) is 0.545. The molecule has 0 amide bonds. The molecule has 0 aliphatic rings.